The van der Waals surface area contributed by atoms with Crippen LogP contribution in [-0.4, -0.2) is 43.8 Å². The zero-order valence-electron chi connectivity index (χ0n) is 12.5. The number of rotatable bonds is 8. The van der Waals surface area contributed by atoms with Gasteiger partial charge in [-0.2, -0.15) is 0 Å². The van der Waals surface area contributed by atoms with Crippen LogP contribution in [0.15, 0.2) is 24.3 Å². The average Bonchev–Trinajstić information content (AvgIpc) is 2.40. The number of hydrogen-bond acceptors (Lipinski definition) is 2. The number of piperidine rings is 1. The summed E-state index contributed by atoms with van der Waals surface area (Å²) >= 11 is 0. The maximum Gasteiger partial charge on any atom is 0.125 e. The summed E-state index contributed by atoms with van der Waals surface area (Å²) in [6, 6.07) is 0. The molecule has 0 spiro atoms. The van der Waals surface area contributed by atoms with Crippen molar-refractivity contribution in [1.82, 2.24) is 10.2 Å². The van der Waals surface area contributed by atoms with Crippen LogP contribution in [0.25, 0.3) is 0 Å². The smallest absolute Gasteiger partial charge is 0.125 e. The zero-order chi connectivity index (χ0) is 14.0. The zero-order valence-corrected chi connectivity index (χ0v) is 12.5. The molecular formula is C16H29FN2. The highest BCUT2D eigenvalue weighted by atomic mass is 19.1. The molecule has 1 N–H and O–H groups in total. The summed E-state index contributed by atoms with van der Waals surface area (Å²) < 4.78 is 14.2. The van der Waals surface area contributed by atoms with Gasteiger partial charge in [0.25, 0.3) is 0 Å². The third-order valence-corrected chi connectivity index (χ3v) is 3.68. The highest BCUT2D eigenvalue weighted by Gasteiger charge is 2.33. The van der Waals surface area contributed by atoms with Gasteiger partial charge >= 0.3 is 0 Å². The number of nitrogens with one attached hydrogen (secondary N) is 1. The van der Waals surface area contributed by atoms with E-state index in [4.69, 9.17) is 0 Å². The molecule has 3 heteroatoms. The molecule has 0 aromatic carbocycles. The van der Waals surface area contributed by atoms with Crippen molar-refractivity contribution < 1.29 is 4.39 Å². The van der Waals surface area contributed by atoms with Crippen LogP contribution in [0.1, 0.15) is 39.0 Å². The number of halogens is 1. The molecule has 0 radical (unpaired) electrons. The molecule has 0 aromatic heterocycles. The largest absolute Gasteiger partial charge is 0.317 e. The van der Waals surface area contributed by atoms with Crippen LogP contribution < -0.4 is 5.32 Å². The van der Waals surface area contributed by atoms with Crippen molar-refractivity contribution in [3.63, 3.8) is 0 Å². The number of alkyl halides is 1. The van der Waals surface area contributed by atoms with Crippen molar-refractivity contribution in [2.24, 2.45) is 0 Å². The van der Waals surface area contributed by atoms with Gasteiger partial charge in [0.1, 0.15) is 5.67 Å². The SMILES string of the molecule is CC/C=C\CC/C=C/CN1CCC(F)(CNC)CC1. The Bertz CT molecular complexity index is 278. The first kappa shape index (κ1) is 16.4. The highest BCUT2D eigenvalue weighted by molar-refractivity contribution is 4.93. The van der Waals surface area contributed by atoms with Gasteiger partial charge in [-0.05, 0) is 39.2 Å². The third kappa shape index (κ3) is 6.88. The Morgan fingerprint density at radius 2 is 1.74 bits per heavy atom. The van der Waals surface area contributed by atoms with Crippen LogP contribution in [0.4, 0.5) is 4.39 Å². The van der Waals surface area contributed by atoms with E-state index in [-0.39, 0.29) is 0 Å². The van der Waals surface area contributed by atoms with E-state index < -0.39 is 5.67 Å². The Hall–Kier alpha value is -0.670. The quantitative estimate of drug-likeness (QED) is 0.537. The van der Waals surface area contributed by atoms with Gasteiger partial charge in [0.05, 0.1) is 0 Å². The summed E-state index contributed by atoms with van der Waals surface area (Å²) in [5.74, 6) is 0. The lowest BCUT2D eigenvalue weighted by molar-refractivity contribution is 0.0648. The maximum atomic E-state index is 14.2. The summed E-state index contributed by atoms with van der Waals surface area (Å²) in [6.45, 7) is 5.35. The first-order chi connectivity index (χ1) is 9.20. The molecule has 1 aliphatic heterocycles. The molecule has 1 rings (SSSR count). The van der Waals surface area contributed by atoms with E-state index in [1.807, 2.05) is 7.05 Å². The van der Waals surface area contributed by atoms with Crippen LogP contribution in [0, 0.1) is 0 Å². The molecule has 1 aliphatic rings. The minimum atomic E-state index is -0.986. The van der Waals surface area contributed by atoms with E-state index in [9.17, 15) is 4.39 Å². The summed E-state index contributed by atoms with van der Waals surface area (Å²) in [7, 11) is 1.82. The highest BCUT2D eigenvalue weighted by Crippen LogP contribution is 2.25. The van der Waals surface area contributed by atoms with Gasteiger partial charge in [0.2, 0.25) is 0 Å². The first-order valence-corrected chi connectivity index (χ1v) is 7.56. The molecule has 0 bridgehead atoms. The molecule has 0 aliphatic carbocycles. The van der Waals surface area contributed by atoms with Gasteiger partial charge in [-0.3, -0.25) is 4.90 Å². The summed E-state index contributed by atoms with van der Waals surface area (Å²) in [5, 5.41) is 2.96. The number of unbranched alkanes of at least 4 members (excludes halogenated alkanes) is 1. The topological polar surface area (TPSA) is 15.3 Å². The van der Waals surface area contributed by atoms with Crippen molar-refractivity contribution >= 4 is 0 Å². The van der Waals surface area contributed by atoms with Crippen LogP contribution >= 0.6 is 0 Å². The summed E-state index contributed by atoms with van der Waals surface area (Å²) in [6.07, 6.45) is 13.6. The van der Waals surface area contributed by atoms with Crippen LogP contribution in [0.3, 0.4) is 0 Å². The lowest BCUT2D eigenvalue weighted by atomic mass is 9.93. The van der Waals surface area contributed by atoms with Crippen LogP contribution in [0.5, 0.6) is 0 Å². The Kier molecular flexibility index (Phi) is 7.99. The molecule has 110 valence electrons. The Morgan fingerprint density at radius 3 is 2.32 bits per heavy atom. The van der Waals surface area contributed by atoms with Crippen molar-refractivity contribution in [1.29, 1.82) is 0 Å². The second-order valence-corrected chi connectivity index (χ2v) is 5.41. The average molecular weight is 268 g/mol. The molecule has 1 fully saturated rings. The number of nitrogens with zero attached hydrogens (tertiary/aromatic N) is 1. The second kappa shape index (κ2) is 9.27. The predicted molar refractivity (Wildman–Crippen MR) is 81.2 cm³/mol. The Labute approximate surface area is 117 Å². The van der Waals surface area contributed by atoms with E-state index in [0.29, 0.717) is 19.4 Å². The minimum Gasteiger partial charge on any atom is -0.317 e. The normalized spacial score (nSPS) is 20.6. The Morgan fingerprint density at radius 1 is 1.11 bits per heavy atom. The van der Waals surface area contributed by atoms with Crippen molar-refractivity contribution in [2.75, 3.05) is 33.2 Å². The molecular weight excluding hydrogens is 239 g/mol. The fourth-order valence-corrected chi connectivity index (χ4v) is 2.45. The van der Waals surface area contributed by atoms with E-state index >= 15 is 0 Å². The molecule has 0 amide bonds. The fraction of sp³-hybridized carbons (Fsp3) is 0.750. The lowest BCUT2D eigenvalue weighted by Crippen LogP contribution is -2.46. The summed E-state index contributed by atoms with van der Waals surface area (Å²) in [4.78, 5) is 2.34. The molecule has 1 heterocycles. The first-order valence-electron chi connectivity index (χ1n) is 7.56. The van der Waals surface area contributed by atoms with E-state index in [1.165, 1.54) is 0 Å². The predicted octanol–water partition coefficient (Wildman–Crippen LogP) is 3.31. The van der Waals surface area contributed by atoms with E-state index in [0.717, 1.165) is 38.9 Å². The van der Waals surface area contributed by atoms with Gasteiger partial charge in [0, 0.05) is 26.2 Å². The van der Waals surface area contributed by atoms with Gasteiger partial charge in [0.15, 0.2) is 0 Å². The molecule has 19 heavy (non-hydrogen) atoms. The second-order valence-electron chi connectivity index (χ2n) is 5.41. The van der Waals surface area contributed by atoms with Crippen LogP contribution in [-0.2, 0) is 0 Å². The molecule has 0 unspecified atom stereocenters. The standard InChI is InChI=1S/C16H29FN2/c1-3-4-5-6-7-8-9-12-19-13-10-16(17,11-14-19)15-18-2/h4-5,8-9,18H,3,6-7,10-15H2,1-2H3/b5-4-,9-8+. The number of hydrogen-bond donors (Lipinski definition) is 1. The maximum absolute atomic E-state index is 14.2. The molecule has 1 saturated heterocycles. The van der Waals surface area contributed by atoms with Gasteiger partial charge < -0.3 is 5.32 Å². The monoisotopic (exact) mass is 268 g/mol. The van der Waals surface area contributed by atoms with Crippen molar-refractivity contribution in [3.8, 4) is 0 Å². The number of likely N-dealkylation sites (tertiary alicyclic amines) is 1. The number of allylic oxidation sites excluding steroid dienone is 3. The van der Waals surface area contributed by atoms with Crippen LogP contribution in [0.2, 0.25) is 0 Å². The van der Waals surface area contributed by atoms with E-state index in [2.05, 4.69) is 41.4 Å². The van der Waals surface area contributed by atoms with Gasteiger partial charge in [-0.1, -0.05) is 31.2 Å². The minimum absolute atomic E-state index is 0.487. The Balaban J connectivity index is 2.12. The molecule has 2 nitrogen and oxygen atoms in total. The summed E-state index contributed by atoms with van der Waals surface area (Å²) in [5.41, 5.74) is -0.986. The lowest BCUT2D eigenvalue weighted by Gasteiger charge is -2.35. The third-order valence-electron chi connectivity index (χ3n) is 3.68. The molecule has 0 atom stereocenters. The fourth-order valence-electron chi connectivity index (χ4n) is 2.45. The van der Waals surface area contributed by atoms with Gasteiger partial charge in [-0.15, -0.1) is 0 Å². The van der Waals surface area contributed by atoms with Gasteiger partial charge in [-0.25, -0.2) is 4.39 Å². The van der Waals surface area contributed by atoms with Crippen molar-refractivity contribution in [2.45, 2.75) is 44.7 Å². The molecule has 0 aromatic rings. The van der Waals surface area contributed by atoms with E-state index in [1.54, 1.807) is 0 Å². The van der Waals surface area contributed by atoms with Crippen molar-refractivity contribution in [3.05, 3.63) is 24.3 Å². The molecule has 0 saturated carbocycles.